The molecule has 4 nitrogen and oxygen atoms in total. The molecule has 0 fully saturated rings. The van der Waals surface area contributed by atoms with Crippen molar-refractivity contribution in [3.63, 3.8) is 0 Å². The van der Waals surface area contributed by atoms with E-state index in [2.05, 4.69) is 5.32 Å². The molecule has 6 heteroatoms. The van der Waals surface area contributed by atoms with Gasteiger partial charge < -0.3 is 15.8 Å². The second-order valence-corrected chi connectivity index (χ2v) is 2.94. The largest absolute Gasteiger partial charge is 0.494 e. The summed E-state index contributed by atoms with van der Waals surface area (Å²) in [5.41, 5.74) is 5.71. The average Bonchev–Trinajstić information content (AvgIpc) is 2.21. The molecule has 0 aliphatic carbocycles. The van der Waals surface area contributed by atoms with Crippen LogP contribution in [0.5, 0.6) is 5.75 Å². The van der Waals surface area contributed by atoms with Crippen LogP contribution in [-0.2, 0) is 4.79 Å². The van der Waals surface area contributed by atoms with Crippen molar-refractivity contribution < 1.29 is 13.9 Å². The first-order valence-electron chi connectivity index (χ1n) is 4.51. The van der Waals surface area contributed by atoms with Crippen LogP contribution in [0.1, 0.15) is 6.42 Å². The maximum atomic E-state index is 13.0. The van der Waals surface area contributed by atoms with E-state index in [4.69, 9.17) is 10.5 Å². The highest BCUT2D eigenvalue weighted by Crippen LogP contribution is 2.21. The SMILES string of the molecule is COc1cc(NC(=O)CCN)ccc1F.Cl. The van der Waals surface area contributed by atoms with E-state index < -0.39 is 5.82 Å². The van der Waals surface area contributed by atoms with Crippen molar-refractivity contribution in [2.75, 3.05) is 19.0 Å². The lowest BCUT2D eigenvalue weighted by atomic mass is 10.2. The van der Waals surface area contributed by atoms with Gasteiger partial charge >= 0.3 is 0 Å². The molecule has 1 aromatic carbocycles. The van der Waals surface area contributed by atoms with Crippen LogP contribution in [0.25, 0.3) is 0 Å². The summed E-state index contributed by atoms with van der Waals surface area (Å²) in [6.07, 6.45) is 0.236. The summed E-state index contributed by atoms with van der Waals surface area (Å²) in [5, 5.41) is 2.58. The summed E-state index contributed by atoms with van der Waals surface area (Å²) in [4.78, 5) is 11.2. The van der Waals surface area contributed by atoms with Crippen molar-refractivity contribution in [3.05, 3.63) is 24.0 Å². The molecule has 0 heterocycles. The van der Waals surface area contributed by atoms with Gasteiger partial charge in [-0.3, -0.25) is 4.79 Å². The highest BCUT2D eigenvalue weighted by atomic mass is 35.5. The zero-order valence-corrected chi connectivity index (χ0v) is 9.64. The Morgan fingerprint density at radius 1 is 1.56 bits per heavy atom. The van der Waals surface area contributed by atoms with Gasteiger partial charge in [0.2, 0.25) is 5.91 Å². The van der Waals surface area contributed by atoms with Gasteiger partial charge in [0.15, 0.2) is 11.6 Å². The predicted octanol–water partition coefficient (Wildman–Crippen LogP) is 1.54. The van der Waals surface area contributed by atoms with Crippen LogP contribution in [0.2, 0.25) is 0 Å². The van der Waals surface area contributed by atoms with Crippen LogP contribution < -0.4 is 15.8 Å². The van der Waals surface area contributed by atoms with E-state index in [0.29, 0.717) is 5.69 Å². The Hall–Kier alpha value is -1.33. The zero-order valence-electron chi connectivity index (χ0n) is 8.83. The highest BCUT2D eigenvalue weighted by Gasteiger charge is 2.05. The van der Waals surface area contributed by atoms with Gasteiger partial charge in [0.1, 0.15) is 0 Å². The molecule has 0 aromatic heterocycles. The molecule has 0 aliphatic rings. The van der Waals surface area contributed by atoms with E-state index in [1.54, 1.807) is 0 Å². The number of carbonyl (C=O) groups is 1. The molecule has 16 heavy (non-hydrogen) atoms. The molecule has 0 aliphatic heterocycles. The normalized spacial score (nSPS) is 9.19. The molecule has 0 spiro atoms. The van der Waals surface area contributed by atoms with Crippen molar-refractivity contribution in [2.45, 2.75) is 6.42 Å². The fourth-order valence-electron chi connectivity index (χ4n) is 1.09. The second-order valence-electron chi connectivity index (χ2n) is 2.94. The summed E-state index contributed by atoms with van der Waals surface area (Å²) in [5.74, 6) is -0.568. The van der Waals surface area contributed by atoms with Gasteiger partial charge in [-0.1, -0.05) is 0 Å². The van der Waals surface area contributed by atoms with Gasteiger partial charge in [-0.15, -0.1) is 12.4 Å². The molecule has 0 atom stereocenters. The minimum absolute atomic E-state index is 0. The van der Waals surface area contributed by atoms with E-state index >= 15 is 0 Å². The predicted molar refractivity (Wildman–Crippen MR) is 62.5 cm³/mol. The third-order valence-corrected chi connectivity index (χ3v) is 1.81. The molecule has 1 amide bonds. The van der Waals surface area contributed by atoms with E-state index in [1.807, 2.05) is 0 Å². The van der Waals surface area contributed by atoms with Crippen molar-refractivity contribution in [1.82, 2.24) is 0 Å². The van der Waals surface area contributed by atoms with E-state index in [9.17, 15) is 9.18 Å². The molecule has 0 unspecified atom stereocenters. The number of anilines is 1. The number of hydrogen-bond acceptors (Lipinski definition) is 3. The van der Waals surface area contributed by atoms with Gasteiger partial charge in [0.05, 0.1) is 7.11 Å². The van der Waals surface area contributed by atoms with E-state index in [0.717, 1.165) is 0 Å². The number of ether oxygens (including phenoxy) is 1. The Morgan fingerprint density at radius 2 is 2.25 bits per heavy atom. The lowest BCUT2D eigenvalue weighted by Crippen LogP contribution is -2.16. The smallest absolute Gasteiger partial charge is 0.225 e. The Labute approximate surface area is 99.4 Å². The third-order valence-electron chi connectivity index (χ3n) is 1.81. The number of methoxy groups -OCH3 is 1. The topological polar surface area (TPSA) is 64.3 Å². The number of halogens is 2. The summed E-state index contributed by atoms with van der Waals surface area (Å²) >= 11 is 0. The first-order chi connectivity index (χ1) is 7.17. The van der Waals surface area contributed by atoms with Crippen molar-refractivity contribution in [1.29, 1.82) is 0 Å². The Bertz CT molecular complexity index is 361. The summed E-state index contributed by atoms with van der Waals surface area (Å²) in [7, 11) is 1.36. The lowest BCUT2D eigenvalue weighted by Gasteiger charge is -2.07. The highest BCUT2D eigenvalue weighted by molar-refractivity contribution is 5.90. The molecule has 0 bridgehead atoms. The van der Waals surface area contributed by atoms with Gasteiger partial charge in [-0.25, -0.2) is 4.39 Å². The number of rotatable bonds is 4. The number of carbonyl (C=O) groups excluding carboxylic acids is 1. The first-order valence-corrected chi connectivity index (χ1v) is 4.51. The van der Waals surface area contributed by atoms with Gasteiger partial charge in [0.25, 0.3) is 0 Å². The minimum atomic E-state index is -0.464. The fourth-order valence-corrected chi connectivity index (χ4v) is 1.09. The van der Waals surface area contributed by atoms with Gasteiger partial charge in [-0.05, 0) is 12.1 Å². The van der Waals surface area contributed by atoms with Crippen molar-refractivity contribution in [2.24, 2.45) is 5.73 Å². The quantitative estimate of drug-likeness (QED) is 0.850. The fraction of sp³-hybridized carbons (Fsp3) is 0.300. The lowest BCUT2D eigenvalue weighted by molar-refractivity contribution is -0.116. The van der Waals surface area contributed by atoms with Crippen LogP contribution in [0, 0.1) is 5.82 Å². The number of benzene rings is 1. The number of nitrogens with two attached hydrogens (primary N) is 1. The van der Waals surface area contributed by atoms with Crippen LogP contribution in [0.3, 0.4) is 0 Å². The van der Waals surface area contributed by atoms with Crippen molar-refractivity contribution in [3.8, 4) is 5.75 Å². The summed E-state index contributed by atoms with van der Waals surface area (Å²) in [6.45, 7) is 0.282. The Morgan fingerprint density at radius 3 is 2.81 bits per heavy atom. The van der Waals surface area contributed by atoms with Gasteiger partial charge in [0, 0.05) is 24.7 Å². The van der Waals surface area contributed by atoms with E-state index in [-0.39, 0.29) is 37.0 Å². The monoisotopic (exact) mass is 248 g/mol. The van der Waals surface area contributed by atoms with Crippen molar-refractivity contribution >= 4 is 24.0 Å². The Balaban J connectivity index is 0.00000225. The maximum Gasteiger partial charge on any atom is 0.225 e. The molecule has 0 saturated carbocycles. The average molecular weight is 249 g/mol. The number of amides is 1. The second kappa shape index (κ2) is 7.03. The Kier molecular flexibility index (Phi) is 6.44. The molecular formula is C10H14ClFN2O2. The zero-order chi connectivity index (χ0) is 11.3. The molecule has 0 saturated heterocycles. The van der Waals surface area contributed by atoms with Crippen LogP contribution in [-0.4, -0.2) is 19.6 Å². The number of hydrogen-bond donors (Lipinski definition) is 2. The van der Waals surface area contributed by atoms with Crippen LogP contribution in [0.4, 0.5) is 10.1 Å². The molecule has 3 N–H and O–H groups in total. The minimum Gasteiger partial charge on any atom is -0.494 e. The molecule has 0 radical (unpaired) electrons. The third kappa shape index (κ3) is 4.04. The maximum absolute atomic E-state index is 13.0. The van der Waals surface area contributed by atoms with Crippen LogP contribution >= 0.6 is 12.4 Å². The molecule has 90 valence electrons. The van der Waals surface area contributed by atoms with E-state index in [1.165, 1.54) is 25.3 Å². The summed E-state index contributed by atoms with van der Waals surface area (Å²) < 4.78 is 17.8. The molecular weight excluding hydrogens is 235 g/mol. The molecule has 1 aromatic rings. The van der Waals surface area contributed by atoms with Crippen LogP contribution in [0.15, 0.2) is 18.2 Å². The number of nitrogens with one attached hydrogen (secondary N) is 1. The molecule has 1 rings (SSSR count). The standard InChI is InChI=1S/C10H13FN2O2.ClH/c1-15-9-6-7(2-3-8(9)11)13-10(14)4-5-12;/h2-3,6H,4-5,12H2,1H3,(H,13,14);1H. The summed E-state index contributed by atoms with van der Waals surface area (Å²) in [6, 6.07) is 4.12. The first kappa shape index (κ1) is 14.7. The van der Waals surface area contributed by atoms with Gasteiger partial charge in [-0.2, -0.15) is 0 Å².